The lowest BCUT2D eigenvalue weighted by Crippen LogP contribution is -2.22. The van der Waals surface area contributed by atoms with Gasteiger partial charge in [-0.05, 0) is 23.7 Å². The number of hydrogen-bond acceptors (Lipinski definition) is 0. The van der Waals surface area contributed by atoms with Crippen LogP contribution in [0.5, 0.6) is 0 Å². The van der Waals surface area contributed by atoms with Gasteiger partial charge in [0.25, 0.3) is 0 Å². The van der Waals surface area contributed by atoms with Crippen LogP contribution in [0.15, 0.2) is 0 Å². The van der Waals surface area contributed by atoms with E-state index in [1.54, 1.807) is 0 Å². The molecule has 0 aromatic rings. The average molecular weight is 191 g/mol. The molecule has 1 heteroatoms. The molecule has 12 heavy (non-hydrogen) atoms. The highest BCUT2D eigenvalue weighted by atomic mass is 35.5. The summed E-state index contributed by atoms with van der Waals surface area (Å²) in [6.45, 7) is 11.4. The largest absolute Gasteiger partial charge is 0.126 e. The summed E-state index contributed by atoms with van der Waals surface area (Å²) in [7, 11) is 0. The first-order valence-electron chi connectivity index (χ1n) is 4.94. The quantitative estimate of drug-likeness (QED) is 0.580. The lowest BCUT2D eigenvalue weighted by Gasteiger charge is -2.29. The molecular formula is C11H23Cl. The van der Waals surface area contributed by atoms with E-state index in [2.05, 4.69) is 34.6 Å². The van der Waals surface area contributed by atoms with Gasteiger partial charge >= 0.3 is 0 Å². The second-order valence-electron chi connectivity index (χ2n) is 5.19. The Hall–Kier alpha value is 0.290. The molecule has 74 valence electrons. The van der Waals surface area contributed by atoms with Crippen molar-refractivity contribution >= 4 is 11.6 Å². The monoisotopic (exact) mass is 190 g/mol. The van der Waals surface area contributed by atoms with Crippen LogP contribution in [0.1, 0.15) is 47.5 Å². The van der Waals surface area contributed by atoms with Crippen LogP contribution in [-0.2, 0) is 0 Å². The summed E-state index contributed by atoms with van der Waals surface area (Å²) in [5, 5.41) is 0. The third-order valence-corrected chi connectivity index (χ3v) is 2.88. The standard InChI is InChI=1S/C11H23Cl/c1-9(2)6-7-10(8-12)11(3,4)5/h9-10H,6-8H2,1-5H3. The van der Waals surface area contributed by atoms with E-state index in [4.69, 9.17) is 11.6 Å². The van der Waals surface area contributed by atoms with Crippen LogP contribution >= 0.6 is 11.6 Å². The Labute approximate surface area is 82.7 Å². The Bertz CT molecular complexity index is 111. The van der Waals surface area contributed by atoms with Crippen molar-refractivity contribution in [2.45, 2.75) is 47.5 Å². The molecule has 0 saturated heterocycles. The molecule has 1 unspecified atom stereocenters. The van der Waals surface area contributed by atoms with Crippen molar-refractivity contribution in [2.75, 3.05) is 5.88 Å². The first kappa shape index (κ1) is 12.3. The van der Waals surface area contributed by atoms with Crippen LogP contribution in [0.4, 0.5) is 0 Å². The fourth-order valence-electron chi connectivity index (χ4n) is 1.28. The van der Waals surface area contributed by atoms with E-state index in [-0.39, 0.29) is 0 Å². The van der Waals surface area contributed by atoms with E-state index in [0.717, 1.165) is 11.8 Å². The van der Waals surface area contributed by atoms with Crippen molar-refractivity contribution in [1.82, 2.24) is 0 Å². The van der Waals surface area contributed by atoms with Crippen LogP contribution in [-0.4, -0.2) is 5.88 Å². The molecule has 0 bridgehead atoms. The van der Waals surface area contributed by atoms with Crippen molar-refractivity contribution < 1.29 is 0 Å². The minimum Gasteiger partial charge on any atom is -0.126 e. The molecule has 0 aromatic heterocycles. The molecule has 0 N–H and O–H groups in total. The summed E-state index contributed by atoms with van der Waals surface area (Å²) in [5.41, 5.74) is 0.372. The molecule has 1 atom stereocenters. The normalized spacial score (nSPS) is 15.2. The Morgan fingerprint density at radius 2 is 1.58 bits per heavy atom. The fourth-order valence-corrected chi connectivity index (χ4v) is 1.89. The molecule has 0 aromatic carbocycles. The van der Waals surface area contributed by atoms with E-state index < -0.39 is 0 Å². The summed E-state index contributed by atoms with van der Waals surface area (Å²) in [6.07, 6.45) is 2.57. The van der Waals surface area contributed by atoms with Gasteiger partial charge in [0.2, 0.25) is 0 Å². The average Bonchev–Trinajstić information content (AvgIpc) is 1.85. The fraction of sp³-hybridized carbons (Fsp3) is 1.00. The minimum atomic E-state index is 0.372. The third-order valence-electron chi connectivity index (χ3n) is 2.50. The molecule has 0 aliphatic carbocycles. The Balaban J connectivity index is 3.84. The van der Waals surface area contributed by atoms with Crippen molar-refractivity contribution in [3.05, 3.63) is 0 Å². The number of alkyl halides is 1. The molecular weight excluding hydrogens is 168 g/mol. The minimum absolute atomic E-state index is 0.372. The summed E-state index contributed by atoms with van der Waals surface area (Å²) in [5.74, 6) is 2.27. The van der Waals surface area contributed by atoms with E-state index in [1.165, 1.54) is 12.8 Å². The topological polar surface area (TPSA) is 0 Å². The first-order chi connectivity index (χ1) is 5.38. The Kier molecular flexibility index (Phi) is 5.24. The molecule has 0 aliphatic heterocycles. The summed E-state index contributed by atoms with van der Waals surface area (Å²) < 4.78 is 0. The lowest BCUT2D eigenvalue weighted by atomic mass is 9.78. The zero-order valence-electron chi connectivity index (χ0n) is 9.15. The predicted molar refractivity (Wildman–Crippen MR) is 57.7 cm³/mol. The number of halogens is 1. The van der Waals surface area contributed by atoms with E-state index in [1.807, 2.05) is 0 Å². The van der Waals surface area contributed by atoms with Crippen LogP contribution in [0.25, 0.3) is 0 Å². The molecule has 0 fully saturated rings. The lowest BCUT2D eigenvalue weighted by molar-refractivity contribution is 0.238. The second kappa shape index (κ2) is 5.11. The van der Waals surface area contributed by atoms with E-state index >= 15 is 0 Å². The first-order valence-corrected chi connectivity index (χ1v) is 5.47. The van der Waals surface area contributed by atoms with Crippen LogP contribution < -0.4 is 0 Å². The maximum absolute atomic E-state index is 5.94. The Morgan fingerprint density at radius 3 is 1.83 bits per heavy atom. The SMILES string of the molecule is CC(C)CCC(CCl)C(C)(C)C. The van der Waals surface area contributed by atoms with Gasteiger partial charge in [0, 0.05) is 5.88 Å². The van der Waals surface area contributed by atoms with E-state index in [0.29, 0.717) is 11.3 Å². The smallest absolute Gasteiger partial charge is 0.0256 e. The highest BCUT2D eigenvalue weighted by molar-refractivity contribution is 6.18. The molecule has 0 amide bonds. The molecule has 0 rings (SSSR count). The predicted octanol–water partition coefficient (Wildman–Crippen LogP) is 4.32. The third kappa shape index (κ3) is 5.03. The van der Waals surface area contributed by atoms with Gasteiger partial charge in [0.05, 0.1) is 0 Å². The maximum Gasteiger partial charge on any atom is 0.0256 e. The highest BCUT2D eigenvalue weighted by Crippen LogP contribution is 2.31. The van der Waals surface area contributed by atoms with Gasteiger partial charge in [-0.1, -0.05) is 41.0 Å². The summed E-state index contributed by atoms with van der Waals surface area (Å²) in [4.78, 5) is 0. The highest BCUT2D eigenvalue weighted by Gasteiger charge is 2.23. The maximum atomic E-state index is 5.94. The Morgan fingerprint density at radius 1 is 1.08 bits per heavy atom. The van der Waals surface area contributed by atoms with Gasteiger partial charge in [-0.3, -0.25) is 0 Å². The zero-order chi connectivity index (χ0) is 9.78. The van der Waals surface area contributed by atoms with E-state index in [9.17, 15) is 0 Å². The number of hydrogen-bond donors (Lipinski definition) is 0. The molecule has 0 radical (unpaired) electrons. The van der Waals surface area contributed by atoms with Gasteiger partial charge in [-0.25, -0.2) is 0 Å². The van der Waals surface area contributed by atoms with Gasteiger partial charge < -0.3 is 0 Å². The molecule has 0 heterocycles. The summed E-state index contributed by atoms with van der Waals surface area (Å²) >= 11 is 5.94. The zero-order valence-corrected chi connectivity index (χ0v) is 9.91. The van der Waals surface area contributed by atoms with Gasteiger partial charge in [0.1, 0.15) is 0 Å². The number of rotatable bonds is 4. The van der Waals surface area contributed by atoms with Crippen molar-refractivity contribution in [3.63, 3.8) is 0 Å². The van der Waals surface area contributed by atoms with Crippen molar-refractivity contribution in [2.24, 2.45) is 17.3 Å². The van der Waals surface area contributed by atoms with Crippen molar-refractivity contribution in [3.8, 4) is 0 Å². The molecule has 0 spiro atoms. The van der Waals surface area contributed by atoms with Gasteiger partial charge in [-0.2, -0.15) is 0 Å². The second-order valence-corrected chi connectivity index (χ2v) is 5.50. The van der Waals surface area contributed by atoms with Crippen molar-refractivity contribution in [1.29, 1.82) is 0 Å². The van der Waals surface area contributed by atoms with Gasteiger partial charge in [-0.15, -0.1) is 11.6 Å². The summed E-state index contributed by atoms with van der Waals surface area (Å²) in [6, 6.07) is 0. The van der Waals surface area contributed by atoms with Crippen LogP contribution in [0, 0.1) is 17.3 Å². The van der Waals surface area contributed by atoms with Gasteiger partial charge in [0.15, 0.2) is 0 Å². The molecule has 0 aliphatic rings. The van der Waals surface area contributed by atoms with Crippen LogP contribution in [0.2, 0.25) is 0 Å². The molecule has 0 nitrogen and oxygen atoms in total. The molecule has 0 saturated carbocycles. The van der Waals surface area contributed by atoms with Crippen LogP contribution in [0.3, 0.4) is 0 Å².